The first-order valence-corrected chi connectivity index (χ1v) is 6.57. The highest BCUT2D eigenvalue weighted by Gasteiger charge is 2.09. The second-order valence-electron chi connectivity index (χ2n) is 4.06. The zero-order valence-corrected chi connectivity index (χ0v) is 10.7. The summed E-state index contributed by atoms with van der Waals surface area (Å²) < 4.78 is 5.33. The summed E-state index contributed by atoms with van der Waals surface area (Å²) in [6.45, 7) is 0. The molecule has 2 N–H and O–H groups in total. The van der Waals surface area contributed by atoms with Crippen molar-refractivity contribution in [1.29, 1.82) is 0 Å². The van der Waals surface area contributed by atoms with E-state index in [9.17, 15) is 0 Å². The van der Waals surface area contributed by atoms with Crippen LogP contribution in [0.2, 0.25) is 0 Å². The fourth-order valence-electron chi connectivity index (χ4n) is 1.91. The smallest absolute Gasteiger partial charge is 0.122 e. The Kier molecular flexibility index (Phi) is 4.18. The molecular weight excluding hydrogens is 230 g/mol. The molecule has 0 fully saturated rings. The molecule has 0 aliphatic rings. The lowest BCUT2D eigenvalue weighted by molar-refractivity contribution is 0.408. The van der Waals surface area contributed by atoms with Crippen LogP contribution in [0.4, 0.5) is 0 Å². The molecule has 0 bridgehead atoms. The van der Waals surface area contributed by atoms with Crippen LogP contribution in [-0.4, -0.2) is 13.2 Å². The summed E-state index contributed by atoms with van der Waals surface area (Å²) >= 11 is 1.76. The quantitative estimate of drug-likeness (QED) is 0.881. The van der Waals surface area contributed by atoms with Crippen LogP contribution in [0.15, 0.2) is 41.8 Å². The summed E-state index contributed by atoms with van der Waals surface area (Å²) in [6, 6.07) is 12.4. The van der Waals surface area contributed by atoms with Crippen molar-refractivity contribution in [3.05, 3.63) is 52.2 Å². The summed E-state index contributed by atoms with van der Waals surface area (Å²) in [6.07, 6.45) is 1.78. The van der Waals surface area contributed by atoms with Crippen molar-refractivity contribution in [2.45, 2.75) is 18.9 Å². The number of nitrogens with two attached hydrogens (primary N) is 1. The highest BCUT2D eigenvalue weighted by molar-refractivity contribution is 7.09. The Hall–Kier alpha value is -1.32. The predicted octanol–water partition coefficient (Wildman–Crippen LogP) is 2.87. The Morgan fingerprint density at radius 2 is 2.00 bits per heavy atom. The van der Waals surface area contributed by atoms with Gasteiger partial charge in [0.1, 0.15) is 5.75 Å². The van der Waals surface area contributed by atoms with Gasteiger partial charge in [-0.15, -0.1) is 11.3 Å². The van der Waals surface area contributed by atoms with Gasteiger partial charge in [0.2, 0.25) is 0 Å². The standard InChI is InChI=1S/C14H17NOS/c1-16-14-7-3-2-5-11(14)9-12(15)10-13-6-4-8-17-13/h2-8,12H,9-10,15H2,1H3. The van der Waals surface area contributed by atoms with Crippen molar-refractivity contribution < 1.29 is 4.74 Å². The number of hydrogen-bond donors (Lipinski definition) is 1. The van der Waals surface area contributed by atoms with E-state index in [0.29, 0.717) is 0 Å². The highest BCUT2D eigenvalue weighted by atomic mass is 32.1. The first-order chi connectivity index (χ1) is 8.29. The maximum Gasteiger partial charge on any atom is 0.122 e. The summed E-state index contributed by atoms with van der Waals surface area (Å²) in [5.74, 6) is 0.925. The second kappa shape index (κ2) is 5.84. The van der Waals surface area contributed by atoms with E-state index in [4.69, 9.17) is 10.5 Å². The predicted molar refractivity (Wildman–Crippen MR) is 72.7 cm³/mol. The third-order valence-electron chi connectivity index (χ3n) is 2.72. The fraction of sp³-hybridized carbons (Fsp3) is 0.286. The average molecular weight is 247 g/mol. The monoisotopic (exact) mass is 247 g/mol. The largest absolute Gasteiger partial charge is 0.496 e. The van der Waals surface area contributed by atoms with Crippen molar-refractivity contribution in [2.24, 2.45) is 5.73 Å². The van der Waals surface area contributed by atoms with Gasteiger partial charge in [0.05, 0.1) is 7.11 Å². The van der Waals surface area contributed by atoms with Crippen molar-refractivity contribution >= 4 is 11.3 Å². The van der Waals surface area contributed by atoms with Crippen LogP contribution in [-0.2, 0) is 12.8 Å². The molecule has 17 heavy (non-hydrogen) atoms. The van der Waals surface area contributed by atoms with Gasteiger partial charge in [-0.3, -0.25) is 0 Å². The second-order valence-corrected chi connectivity index (χ2v) is 5.09. The van der Waals surface area contributed by atoms with Gasteiger partial charge in [-0.05, 0) is 35.9 Å². The molecule has 3 heteroatoms. The van der Waals surface area contributed by atoms with E-state index in [-0.39, 0.29) is 6.04 Å². The van der Waals surface area contributed by atoms with E-state index in [1.54, 1.807) is 18.4 Å². The third-order valence-corrected chi connectivity index (χ3v) is 3.62. The van der Waals surface area contributed by atoms with Gasteiger partial charge in [-0.1, -0.05) is 24.3 Å². The minimum absolute atomic E-state index is 0.143. The molecule has 0 saturated carbocycles. The van der Waals surface area contributed by atoms with E-state index < -0.39 is 0 Å². The third kappa shape index (κ3) is 3.32. The number of methoxy groups -OCH3 is 1. The summed E-state index contributed by atoms with van der Waals surface area (Å²) in [5.41, 5.74) is 7.35. The van der Waals surface area contributed by atoms with Gasteiger partial charge in [0.25, 0.3) is 0 Å². The Morgan fingerprint density at radius 1 is 1.18 bits per heavy atom. The maximum atomic E-state index is 6.17. The lowest BCUT2D eigenvalue weighted by Gasteiger charge is -2.13. The van der Waals surface area contributed by atoms with Gasteiger partial charge in [0.15, 0.2) is 0 Å². The number of ether oxygens (including phenoxy) is 1. The number of rotatable bonds is 5. The van der Waals surface area contributed by atoms with E-state index in [0.717, 1.165) is 18.6 Å². The topological polar surface area (TPSA) is 35.2 Å². The lowest BCUT2D eigenvalue weighted by Crippen LogP contribution is -2.25. The Labute approximate surface area is 106 Å². The highest BCUT2D eigenvalue weighted by Crippen LogP contribution is 2.20. The van der Waals surface area contributed by atoms with Crippen LogP contribution in [0, 0.1) is 0 Å². The molecule has 1 atom stereocenters. The molecule has 90 valence electrons. The maximum absolute atomic E-state index is 6.17. The Bertz CT molecular complexity index is 453. The SMILES string of the molecule is COc1ccccc1CC(N)Cc1cccs1. The number of para-hydroxylation sites is 1. The van der Waals surface area contributed by atoms with Gasteiger partial charge in [-0.2, -0.15) is 0 Å². The Balaban J connectivity index is 2.00. The van der Waals surface area contributed by atoms with Crippen molar-refractivity contribution in [2.75, 3.05) is 7.11 Å². The molecule has 0 saturated heterocycles. The van der Waals surface area contributed by atoms with Crippen molar-refractivity contribution in [3.63, 3.8) is 0 Å². The Morgan fingerprint density at radius 3 is 2.71 bits per heavy atom. The van der Waals surface area contributed by atoms with Crippen molar-refractivity contribution in [1.82, 2.24) is 0 Å². The van der Waals surface area contributed by atoms with Crippen LogP contribution >= 0.6 is 11.3 Å². The summed E-state index contributed by atoms with van der Waals surface area (Å²) in [4.78, 5) is 1.34. The normalized spacial score (nSPS) is 12.4. The molecule has 0 aliphatic carbocycles. The van der Waals surface area contributed by atoms with Crippen LogP contribution in [0.3, 0.4) is 0 Å². The number of benzene rings is 1. The lowest BCUT2D eigenvalue weighted by atomic mass is 10.0. The van der Waals surface area contributed by atoms with Crippen LogP contribution in [0.25, 0.3) is 0 Å². The summed E-state index contributed by atoms with van der Waals surface area (Å²) in [7, 11) is 1.70. The first-order valence-electron chi connectivity index (χ1n) is 5.69. The molecule has 0 amide bonds. The molecule has 0 aliphatic heterocycles. The van der Waals surface area contributed by atoms with Crippen LogP contribution in [0.5, 0.6) is 5.75 Å². The van der Waals surface area contributed by atoms with E-state index in [1.165, 1.54) is 10.4 Å². The molecule has 1 unspecified atom stereocenters. The molecular formula is C14H17NOS. The van der Waals surface area contributed by atoms with Crippen LogP contribution < -0.4 is 10.5 Å². The van der Waals surface area contributed by atoms with E-state index >= 15 is 0 Å². The minimum Gasteiger partial charge on any atom is -0.496 e. The molecule has 0 spiro atoms. The van der Waals surface area contributed by atoms with Crippen molar-refractivity contribution in [3.8, 4) is 5.75 Å². The molecule has 1 aromatic heterocycles. The average Bonchev–Trinajstić information content (AvgIpc) is 2.82. The first kappa shape index (κ1) is 12.1. The van der Waals surface area contributed by atoms with E-state index in [2.05, 4.69) is 23.6 Å². The zero-order chi connectivity index (χ0) is 12.1. The fourth-order valence-corrected chi connectivity index (χ4v) is 2.71. The summed E-state index contributed by atoms with van der Waals surface area (Å²) in [5, 5.41) is 2.09. The van der Waals surface area contributed by atoms with E-state index in [1.807, 2.05) is 18.2 Å². The van der Waals surface area contributed by atoms with Crippen LogP contribution in [0.1, 0.15) is 10.4 Å². The molecule has 1 heterocycles. The number of hydrogen-bond acceptors (Lipinski definition) is 3. The van der Waals surface area contributed by atoms with Gasteiger partial charge >= 0.3 is 0 Å². The van der Waals surface area contributed by atoms with Gasteiger partial charge < -0.3 is 10.5 Å². The number of thiophene rings is 1. The minimum atomic E-state index is 0.143. The van der Waals surface area contributed by atoms with Gasteiger partial charge in [-0.25, -0.2) is 0 Å². The molecule has 1 aromatic carbocycles. The zero-order valence-electron chi connectivity index (χ0n) is 9.93. The van der Waals surface area contributed by atoms with Gasteiger partial charge in [0, 0.05) is 10.9 Å². The molecule has 0 radical (unpaired) electrons. The molecule has 2 rings (SSSR count). The molecule has 2 nitrogen and oxygen atoms in total. The molecule has 2 aromatic rings.